The maximum absolute atomic E-state index is 11.9. The Bertz CT molecular complexity index is 468. The summed E-state index contributed by atoms with van der Waals surface area (Å²) in [7, 11) is -1.51. The molecule has 0 spiro atoms. The number of rotatable bonds is 5. The molecule has 0 saturated carbocycles. The van der Waals surface area contributed by atoms with Crippen LogP contribution in [0.2, 0.25) is 0 Å². The third-order valence-corrected chi connectivity index (χ3v) is 4.17. The Morgan fingerprint density at radius 3 is 2.71 bits per heavy atom. The van der Waals surface area contributed by atoms with Gasteiger partial charge in [-0.15, -0.1) is 11.3 Å². The van der Waals surface area contributed by atoms with Crippen LogP contribution in [-0.2, 0) is 14.6 Å². The molecule has 0 aliphatic carbocycles. The Morgan fingerprint density at radius 2 is 2.24 bits per heavy atom. The molecule has 1 unspecified atom stereocenters. The van der Waals surface area contributed by atoms with E-state index in [1.807, 2.05) is 11.4 Å². The van der Waals surface area contributed by atoms with Gasteiger partial charge in [-0.2, -0.15) is 0 Å². The van der Waals surface area contributed by atoms with Crippen LogP contribution in [0.1, 0.15) is 10.9 Å². The van der Waals surface area contributed by atoms with Gasteiger partial charge < -0.3 is 10.6 Å². The quantitative estimate of drug-likeness (QED) is 0.836. The molecule has 1 aromatic heterocycles. The lowest BCUT2D eigenvalue weighted by molar-refractivity contribution is -0.131. The fourth-order valence-electron chi connectivity index (χ4n) is 1.24. The lowest BCUT2D eigenvalue weighted by Crippen LogP contribution is -2.38. The lowest BCUT2D eigenvalue weighted by Gasteiger charge is -2.20. The fraction of sp³-hybridized carbons (Fsp3) is 0.500. The van der Waals surface area contributed by atoms with E-state index in [4.69, 9.17) is 5.73 Å². The Hall–Kier alpha value is -0.920. The maximum Gasteiger partial charge on any atom is 0.244 e. The average Bonchev–Trinajstić information content (AvgIpc) is 2.76. The van der Waals surface area contributed by atoms with Crippen LogP contribution in [0.15, 0.2) is 17.5 Å². The summed E-state index contributed by atoms with van der Waals surface area (Å²) in [5, 5.41) is 1.85. The van der Waals surface area contributed by atoms with Gasteiger partial charge in [-0.25, -0.2) is 8.42 Å². The van der Waals surface area contributed by atoms with Crippen LogP contribution in [-0.4, -0.2) is 44.8 Å². The van der Waals surface area contributed by atoms with Crippen LogP contribution in [0.25, 0.3) is 0 Å². The third-order valence-electron chi connectivity index (χ3n) is 2.29. The molecule has 0 aliphatic rings. The second-order valence-electron chi connectivity index (χ2n) is 3.88. The molecule has 0 radical (unpaired) electrons. The van der Waals surface area contributed by atoms with E-state index in [0.29, 0.717) is 0 Å². The Labute approximate surface area is 105 Å². The van der Waals surface area contributed by atoms with Crippen molar-refractivity contribution in [2.75, 3.05) is 25.6 Å². The van der Waals surface area contributed by atoms with Crippen LogP contribution in [0.4, 0.5) is 0 Å². The van der Waals surface area contributed by atoms with E-state index in [9.17, 15) is 13.2 Å². The highest BCUT2D eigenvalue weighted by atomic mass is 32.2. The van der Waals surface area contributed by atoms with Crippen molar-refractivity contribution in [3.63, 3.8) is 0 Å². The number of hydrogen-bond donors (Lipinski definition) is 1. The van der Waals surface area contributed by atoms with Crippen LogP contribution >= 0.6 is 11.3 Å². The molecule has 1 aromatic rings. The lowest BCUT2D eigenvalue weighted by atomic mass is 10.2. The van der Waals surface area contributed by atoms with E-state index in [1.165, 1.54) is 16.2 Å². The van der Waals surface area contributed by atoms with Gasteiger partial charge in [-0.05, 0) is 11.4 Å². The first-order valence-corrected chi connectivity index (χ1v) is 7.97. The van der Waals surface area contributed by atoms with Gasteiger partial charge in [-0.1, -0.05) is 6.07 Å². The number of carbonyl (C=O) groups is 1. The minimum absolute atomic E-state index is 0.0492. The second kappa shape index (κ2) is 5.61. The molecule has 1 atom stereocenters. The van der Waals surface area contributed by atoms with Crippen LogP contribution in [0, 0.1) is 0 Å². The first-order valence-electron chi connectivity index (χ1n) is 5.03. The fourth-order valence-corrected chi connectivity index (χ4v) is 2.56. The van der Waals surface area contributed by atoms with Gasteiger partial charge in [-0.3, -0.25) is 4.79 Å². The predicted molar refractivity (Wildman–Crippen MR) is 68.6 cm³/mol. The molecule has 17 heavy (non-hydrogen) atoms. The van der Waals surface area contributed by atoms with Crippen molar-refractivity contribution in [3.05, 3.63) is 22.4 Å². The molecular formula is C10H16N2O3S2. The third kappa shape index (κ3) is 4.45. The molecule has 1 rings (SSSR count). The normalized spacial score (nSPS) is 13.4. The van der Waals surface area contributed by atoms with Gasteiger partial charge in [0, 0.05) is 24.7 Å². The Kier molecular flexibility index (Phi) is 4.67. The van der Waals surface area contributed by atoms with E-state index < -0.39 is 15.9 Å². The van der Waals surface area contributed by atoms with Gasteiger partial charge >= 0.3 is 0 Å². The summed E-state index contributed by atoms with van der Waals surface area (Å²) in [6, 6.07) is 2.90. The summed E-state index contributed by atoms with van der Waals surface area (Å²) in [5.41, 5.74) is 5.79. The van der Waals surface area contributed by atoms with Crippen LogP contribution in [0.5, 0.6) is 0 Å². The minimum atomic E-state index is -3.06. The SMILES string of the molecule is CN(CCS(C)(=O)=O)C(=O)C(N)c1cccs1. The molecule has 1 amide bonds. The van der Waals surface area contributed by atoms with Gasteiger partial charge in [0.15, 0.2) is 0 Å². The van der Waals surface area contributed by atoms with Crippen LogP contribution < -0.4 is 5.73 Å². The number of sulfone groups is 1. The van der Waals surface area contributed by atoms with Gasteiger partial charge in [0.2, 0.25) is 5.91 Å². The number of likely N-dealkylation sites (N-methyl/N-ethyl adjacent to an activating group) is 1. The summed E-state index contributed by atoms with van der Waals surface area (Å²) in [6.07, 6.45) is 1.14. The zero-order valence-electron chi connectivity index (χ0n) is 9.79. The molecule has 0 aliphatic heterocycles. The molecule has 1 heterocycles. The molecule has 0 aromatic carbocycles. The van der Waals surface area contributed by atoms with Crippen molar-refractivity contribution in [1.82, 2.24) is 4.90 Å². The summed E-state index contributed by atoms with van der Waals surface area (Å²) >= 11 is 1.41. The van der Waals surface area contributed by atoms with Crippen molar-refractivity contribution >= 4 is 27.1 Å². The van der Waals surface area contributed by atoms with Gasteiger partial charge in [0.25, 0.3) is 0 Å². The topological polar surface area (TPSA) is 80.5 Å². The highest BCUT2D eigenvalue weighted by Crippen LogP contribution is 2.18. The molecule has 0 bridgehead atoms. The first-order chi connectivity index (χ1) is 7.81. The van der Waals surface area contributed by atoms with Crippen molar-refractivity contribution < 1.29 is 13.2 Å². The first kappa shape index (κ1) is 14.1. The minimum Gasteiger partial charge on any atom is -0.343 e. The number of nitrogens with zero attached hydrogens (tertiary/aromatic N) is 1. The zero-order chi connectivity index (χ0) is 13.1. The predicted octanol–water partition coefficient (Wildman–Crippen LogP) is 0.251. The molecular weight excluding hydrogens is 260 g/mol. The number of carbonyl (C=O) groups excluding carboxylic acids is 1. The summed E-state index contributed by atoms with van der Waals surface area (Å²) in [4.78, 5) is 14.0. The second-order valence-corrected chi connectivity index (χ2v) is 7.12. The maximum atomic E-state index is 11.9. The number of hydrogen-bond acceptors (Lipinski definition) is 5. The van der Waals surface area contributed by atoms with Gasteiger partial charge in [0.05, 0.1) is 5.75 Å². The standard InChI is InChI=1S/C10H16N2O3S2/c1-12(5-7-17(2,14)15)10(13)9(11)8-4-3-6-16-8/h3-4,6,9H,5,7,11H2,1-2H3. The molecule has 0 fully saturated rings. The summed E-state index contributed by atoms with van der Waals surface area (Å²) < 4.78 is 22.0. The summed E-state index contributed by atoms with van der Waals surface area (Å²) in [5.74, 6) is -0.317. The van der Waals surface area contributed by atoms with Crippen molar-refractivity contribution in [1.29, 1.82) is 0 Å². The molecule has 2 N–H and O–H groups in total. The van der Waals surface area contributed by atoms with E-state index in [-0.39, 0.29) is 18.2 Å². The van der Waals surface area contributed by atoms with Crippen molar-refractivity contribution in [3.8, 4) is 0 Å². The number of nitrogens with two attached hydrogens (primary N) is 1. The zero-order valence-corrected chi connectivity index (χ0v) is 11.4. The number of amides is 1. The van der Waals surface area contributed by atoms with E-state index in [0.717, 1.165) is 11.1 Å². The average molecular weight is 276 g/mol. The number of thiophene rings is 1. The monoisotopic (exact) mass is 276 g/mol. The van der Waals surface area contributed by atoms with Crippen LogP contribution in [0.3, 0.4) is 0 Å². The molecule has 7 heteroatoms. The van der Waals surface area contributed by atoms with E-state index in [1.54, 1.807) is 13.1 Å². The van der Waals surface area contributed by atoms with Crippen molar-refractivity contribution in [2.45, 2.75) is 6.04 Å². The molecule has 96 valence electrons. The highest BCUT2D eigenvalue weighted by molar-refractivity contribution is 7.90. The van der Waals surface area contributed by atoms with E-state index >= 15 is 0 Å². The Balaban J connectivity index is 2.58. The largest absolute Gasteiger partial charge is 0.343 e. The smallest absolute Gasteiger partial charge is 0.244 e. The Morgan fingerprint density at radius 1 is 1.59 bits per heavy atom. The summed E-state index contributed by atoms with van der Waals surface area (Å²) in [6.45, 7) is 0.163. The van der Waals surface area contributed by atoms with E-state index in [2.05, 4.69) is 0 Å². The van der Waals surface area contributed by atoms with Crippen molar-refractivity contribution in [2.24, 2.45) is 5.73 Å². The molecule has 0 saturated heterocycles. The van der Waals surface area contributed by atoms with Gasteiger partial charge in [0.1, 0.15) is 15.9 Å². The molecule has 5 nitrogen and oxygen atoms in total. The highest BCUT2D eigenvalue weighted by Gasteiger charge is 2.21.